The lowest BCUT2D eigenvalue weighted by atomic mass is 10.1. The summed E-state index contributed by atoms with van der Waals surface area (Å²) in [4.78, 5) is 16.4. The second-order valence-electron chi connectivity index (χ2n) is 7.03. The molecule has 0 saturated carbocycles. The lowest BCUT2D eigenvalue weighted by molar-refractivity contribution is 0.0911. The van der Waals surface area contributed by atoms with E-state index in [1.165, 1.54) is 21.7 Å². The molecule has 1 aromatic heterocycles. The summed E-state index contributed by atoms with van der Waals surface area (Å²) in [7, 11) is -3.97. The Bertz CT molecular complexity index is 921. The van der Waals surface area contributed by atoms with Gasteiger partial charge in [0.25, 0.3) is 5.91 Å². The molecule has 0 aliphatic carbocycles. The number of carbonyl (C=O) groups is 1. The van der Waals surface area contributed by atoms with Crippen LogP contribution in [0.25, 0.3) is 0 Å². The van der Waals surface area contributed by atoms with Crippen LogP contribution in [-0.4, -0.2) is 36.7 Å². The maximum atomic E-state index is 14.3. The Labute approximate surface area is 162 Å². The first-order valence-corrected chi connectivity index (χ1v) is 11.1. The summed E-state index contributed by atoms with van der Waals surface area (Å²) >= 11 is 1.41. The summed E-state index contributed by atoms with van der Waals surface area (Å²) in [6, 6.07) is 3.44. The number of hydrogen-bond acceptors (Lipinski definition) is 5. The van der Waals surface area contributed by atoms with Crippen molar-refractivity contribution >= 4 is 27.3 Å². The molecule has 2 heterocycles. The van der Waals surface area contributed by atoms with Crippen LogP contribution >= 0.6 is 11.3 Å². The van der Waals surface area contributed by atoms with E-state index in [-0.39, 0.29) is 5.56 Å². The highest BCUT2D eigenvalue weighted by Crippen LogP contribution is 2.26. The Hall–Kier alpha value is -1.84. The summed E-state index contributed by atoms with van der Waals surface area (Å²) < 4.78 is 41.2. The molecule has 9 heteroatoms. The van der Waals surface area contributed by atoms with E-state index in [4.69, 9.17) is 0 Å². The van der Waals surface area contributed by atoms with E-state index >= 15 is 0 Å². The Morgan fingerprint density at radius 2 is 1.96 bits per heavy atom. The van der Waals surface area contributed by atoms with Crippen molar-refractivity contribution in [3.05, 3.63) is 46.2 Å². The van der Waals surface area contributed by atoms with Crippen molar-refractivity contribution in [2.45, 2.75) is 43.5 Å². The van der Waals surface area contributed by atoms with Crippen molar-refractivity contribution in [3.63, 3.8) is 0 Å². The zero-order valence-corrected chi connectivity index (χ0v) is 16.9. The van der Waals surface area contributed by atoms with Crippen molar-refractivity contribution in [3.8, 4) is 0 Å². The minimum Gasteiger partial charge on any atom is -0.341 e. The number of nitrogens with one attached hydrogen (secondary N) is 1. The average molecular weight is 412 g/mol. The van der Waals surface area contributed by atoms with Gasteiger partial charge in [0.05, 0.1) is 5.54 Å². The molecule has 1 saturated heterocycles. The van der Waals surface area contributed by atoms with Gasteiger partial charge in [0.1, 0.15) is 15.7 Å². The highest BCUT2D eigenvalue weighted by molar-refractivity contribution is 7.89. The number of benzene rings is 1. The third-order valence-electron chi connectivity index (χ3n) is 4.52. The van der Waals surface area contributed by atoms with E-state index in [0.29, 0.717) is 13.1 Å². The monoisotopic (exact) mass is 411 g/mol. The number of rotatable bonds is 5. The van der Waals surface area contributed by atoms with Crippen LogP contribution in [0.4, 0.5) is 4.39 Å². The number of carbonyl (C=O) groups excluding carboxylic acids is 1. The van der Waals surface area contributed by atoms with E-state index in [9.17, 15) is 17.6 Å². The Morgan fingerprint density at radius 1 is 1.26 bits per heavy atom. The number of hydrogen-bond donors (Lipinski definition) is 1. The molecule has 0 atom stereocenters. The molecule has 2 aromatic rings. The van der Waals surface area contributed by atoms with Crippen LogP contribution in [-0.2, 0) is 15.6 Å². The molecule has 0 radical (unpaired) electrons. The number of sulfonamides is 1. The second kappa shape index (κ2) is 7.65. The fraction of sp³-hybridized carbons (Fsp3) is 0.444. The van der Waals surface area contributed by atoms with Crippen molar-refractivity contribution in [1.82, 2.24) is 14.6 Å². The second-order valence-corrected chi connectivity index (χ2v) is 9.83. The standard InChI is InChI=1S/C18H22FN3O3S2/c1-18(2,17-20-8-11-26-17)21-16(23)13-6-7-14(19)15(12-13)27(24,25)22-9-4-3-5-10-22/h6-8,11-12H,3-5,9-10H2,1-2H3,(H,21,23). The number of amides is 1. The zero-order chi connectivity index (χ0) is 19.7. The first kappa shape index (κ1) is 19.9. The topological polar surface area (TPSA) is 79.4 Å². The van der Waals surface area contributed by atoms with E-state index in [1.54, 1.807) is 20.0 Å². The number of piperidine rings is 1. The van der Waals surface area contributed by atoms with Crippen molar-refractivity contribution in [2.75, 3.05) is 13.1 Å². The maximum Gasteiger partial charge on any atom is 0.252 e. The van der Waals surface area contributed by atoms with Gasteiger partial charge in [-0.3, -0.25) is 4.79 Å². The molecule has 1 aliphatic rings. The van der Waals surface area contributed by atoms with Crippen LogP contribution in [0.1, 0.15) is 48.5 Å². The maximum absolute atomic E-state index is 14.3. The molecule has 146 valence electrons. The van der Waals surface area contributed by atoms with Gasteiger partial charge in [-0.25, -0.2) is 17.8 Å². The normalized spacial score (nSPS) is 16.3. The highest BCUT2D eigenvalue weighted by atomic mass is 32.2. The molecule has 1 fully saturated rings. The highest BCUT2D eigenvalue weighted by Gasteiger charge is 2.31. The van der Waals surface area contributed by atoms with Gasteiger partial charge < -0.3 is 5.32 Å². The molecule has 1 amide bonds. The molecule has 1 N–H and O–H groups in total. The smallest absolute Gasteiger partial charge is 0.252 e. The summed E-state index contributed by atoms with van der Waals surface area (Å²) in [5, 5.41) is 5.36. The van der Waals surface area contributed by atoms with Gasteiger partial charge in [-0.1, -0.05) is 6.42 Å². The Morgan fingerprint density at radius 3 is 2.59 bits per heavy atom. The summed E-state index contributed by atoms with van der Waals surface area (Å²) in [6.07, 6.45) is 4.12. The van der Waals surface area contributed by atoms with Gasteiger partial charge in [-0.15, -0.1) is 11.3 Å². The third kappa shape index (κ3) is 4.20. The zero-order valence-electron chi connectivity index (χ0n) is 15.2. The lowest BCUT2D eigenvalue weighted by Crippen LogP contribution is -2.41. The fourth-order valence-electron chi connectivity index (χ4n) is 3.03. The van der Waals surface area contributed by atoms with Crippen LogP contribution in [0.15, 0.2) is 34.7 Å². The van der Waals surface area contributed by atoms with Gasteiger partial charge in [0.15, 0.2) is 0 Å². The average Bonchev–Trinajstić information content (AvgIpc) is 3.18. The third-order valence-corrected chi connectivity index (χ3v) is 7.53. The molecule has 6 nitrogen and oxygen atoms in total. The molecular formula is C18H22FN3O3S2. The lowest BCUT2D eigenvalue weighted by Gasteiger charge is -2.26. The van der Waals surface area contributed by atoms with Crippen LogP contribution in [0, 0.1) is 5.82 Å². The van der Waals surface area contributed by atoms with E-state index in [1.807, 2.05) is 5.38 Å². The molecule has 1 aliphatic heterocycles. The SMILES string of the molecule is CC(C)(NC(=O)c1ccc(F)c(S(=O)(=O)N2CCCCC2)c1)c1nccs1. The molecule has 0 bridgehead atoms. The van der Waals surface area contributed by atoms with E-state index < -0.39 is 32.2 Å². The van der Waals surface area contributed by atoms with Crippen LogP contribution in [0.3, 0.4) is 0 Å². The van der Waals surface area contributed by atoms with Gasteiger partial charge in [-0.2, -0.15) is 4.31 Å². The van der Waals surface area contributed by atoms with Crippen LogP contribution in [0.2, 0.25) is 0 Å². The number of thiazole rings is 1. The number of aromatic nitrogens is 1. The largest absolute Gasteiger partial charge is 0.341 e. The van der Waals surface area contributed by atoms with Crippen LogP contribution < -0.4 is 5.32 Å². The predicted octanol–water partition coefficient (Wildman–Crippen LogP) is 3.12. The summed E-state index contributed by atoms with van der Waals surface area (Å²) in [6.45, 7) is 4.35. The minimum atomic E-state index is -3.97. The van der Waals surface area contributed by atoms with Gasteiger partial charge >= 0.3 is 0 Å². The Balaban J connectivity index is 1.87. The van der Waals surface area contributed by atoms with Gasteiger partial charge in [0, 0.05) is 30.2 Å². The van der Waals surface area contributed by atoms with E-state index in [0.717, 1.165) is 36.4 Å². The molecular weight excluding hydrogens is 389 g/mol. The summed E-state index contributed by atoms with van der Waals surface area (Å²) in [5.74, 6) is -1.33. The first-order chi connectivity index (χ1) is 12.7. The predicted molar refractivity (Wildman–Crippen MR) is 102 cm³/mol. The fourth-order valence-corrected chi connectivity index (χ4v) is 5.35. The molecule has 3 rings (SSSR count). The van der Waals surface area contributed by atoms with Crippen molar-refractivity contribution in [1.29, 1.82) is 0 Å². The van der Waals surface area contributed by atoms with E-state index in [2.05, 4.69) is 10.3 Å². The summed E-state index contributed by atoms with van der Waals surface area (Å²) in [5.41, 5.74) is -0.637. The molecule has 0 unspecified atom stereocenters. The Kier molecular flexibility index (Phi) is 5.64. The van der Waals surface area contributed by atoms with Gasteiger partial charge in [-0.05, 0) is 44.9 Å². The van der Waals surface area contributed by atoms with Crippen molar-refractivity contribution < 1.29 is 17.6 Å². The van der Waals surface area contributed by atoms with Gasteiger partial charge in [0.2, 0.25) is 10.0 Å². The number of halogens is 1. The minimum absolute atomic E-state index is 0.0941. The quantitative estimate of drug-likeness (QED) is 0.820. The molecule has 1 aromatic carbocycles. The molecule has 27 heavy (non-hydrogen) atoms. The molecule has 0 spiro atoms. The number of nitrogens with zero attached hydrogens (tertiary/aromatic N) is 2. The first-order valence-electron chi connectivity index (χ1n) is 8.74. The van der Waals surface area contributed by atoms with Crippen LogP contribution in [0.5, 0.6) is 0 Å². The van der Waals surface area contributed by atoms with Crippen molar-refractivity contribution in [2.24, 2.45) is 0 Å².